The minimum Gasteiger partial charge on any atom is -0.316 e. The highest BCUT2D eigenvalue weighted by Gasteiger charge is 2.41. The Balaban J connectivity index is 1.90. The second-order valence-corrected chi connectivity index (χ2v) is 7.69. The summed E-state index contributed by atoms with van der Waals surface area (Å²) in [5.41, 5.74) is 0. The predicted molar refractivity (Wildman–Crippen MR) is 72.8 cm³/mol. The average Bonchev–Trinajstić information content (AvgIpc) is 2.89. The monoisotopic (exact) mass is 330 g/mol. The summed E-state index contributed by atoms with van der Waals surface area (Å²) in [5, 5.41) is 3.32. The highest BCUT2D eigenvalue weighted by atomic mass is 79.9. The van der Waals surface area contributed by atoms with Crippen molar-refractivity contribution in [1.82, 2.24) is 9.62 Å². The average molecular weight is 331 g/mol. The number of rotatable bonds is 2. The van der Waals surface area contributed by atoms with E-state index < -0.39 is 10.0 Å². The van der Waals surface area contributed by atoms with Crippen molar-refractivity contribution in [2.24, 2.45) is 11.8 Å². The largest absolute Gasteiger partial charge is 0.316 e. The molecule has 18 heavy (non-hydrogen) atoms. The van der Waals surface area contributed by atoms with E-state index in [1.165, 1.54) is 0 Å². The van der Waals surface area contributed by atoms with Crippen LogP contribution in [0.15, 0.2) is 33.6 Å². The number of nitrogens with zero attached hydrogens (tertiary/aromatic N) is 1. The van der Waals surface area contributed by atoms with Gasteiger partial charge in [0.15, 0.2) is 0 Å². The normalized spacial score (nSPS) is 28.5. The standard InChI is InChI=1S/C12H15BrN2O2S/c13-11-3-1-2-4-12(11)18(16,17)15-7-9-5-14-6-10(9)8-15/h1-4,9-10,14H,5-8H2/t9-,10+. The molecule has 3 rings (SSSR count). The molecule has 2 saturated heterocycles. The third kappa shape index (κ3) is 2.01. The Hall–Kier alpha value is -0.430. The van der Waals surface area contributed by atoms with Gasteiger partial charge in [0.05, 0.1) is 4.90 Å². The summed E-state index contributed by atoms with van der Waals surface area (Å²) in [5.74, 6) is 0.949. The number of fused-ring (bicyclic) bond motifs is 1. The molecule has 1 aromatic rings. The smallest absolute Gasteiger partial charge is 0.244 e. The zero-order valence-electron chi connectivity index (χ0n) is 9.84. The number of sulfonamides is 1. The molecule has 2 atom stereocenters. The van der Waals surface area contributed by atoms with E-state index in [9.17, 15) is 8.42 Å². The molecule has 6 heteroatoms. The molecule has 1 N–H and O–H groups in total. The van der Waals surface area contributed by atoms with E-state index in [1.807, 2.05) is 6.07 Å². The van der Waals surface area contributed by atoms with Crippen molar-refractivity contribution in [2.45, 2.75) is 4.90 Å². The molecule has 1 aromatic carbocycles. The molecule has 0 aliphatic carbocycles. The minimum atomic E-state index is -3.35. The molecule has 0 aromatic heterocycles. The Morgan fingerprint density at radius 1 is 1.17 bits per heavy atom. The van der Waals surface area contributed by atoms with Gasteiger partial charge in [-0.1, -0.05) is 12.1 Å². The maximum atomic E-state index is 12.6. The molecule has 2 aliphatic heterocycles. The molecule has 4 nitrogen and oxygen atoms in total. The first-order valence-corrected chi connectivity index (χ1v) is 8.28. The number of halogens is 1. The van der Waals surface area contributed by atoms with E-state index in [-0.39, 0.29) is 0 Å². The van der Waals surface area contributed by atoms with Gasteiger partial charge in [-0.2, -0.15) is 4.31 Å². The quantitative estimate of drug-likeness (QED) is 0.888. The van der Waals surface area contributed by atoms with Crippen LogP contribution in [0.2, 0.25) is 0 Å². The summed E-state index contributed by atoms with van der Waals surface area (Å²) in [4.78, 5) is 0.373. The van der Waals surface area contributed by atoms with Gasteiger partial charge in [-0.25, -0.2) is 8.42 Å². The van der Waals surface area contributed by atoms with Crippen LogP contribution < -0.4 is 5.32 Å². The number of benzene rings is 1. The highest BCUT2D eigenvalue weighted by Crippen LogP contribution is 2.32. The fourth-order valence-corrected chi connectivity index (χ4v) is 5.32. The van der Waals surface area contributed by atoms with Crippen molar-refractivity contribution in [3.05, 3.63) is 28.7 Å². The van der Waals surface area contributed by atoms with Crippen LogP contribution in [0.4, 0.5) is 0 Å². The number of nitrogens with one attached hydrogen (secondary N) is 1. The lowest BCUT2D eigenvalue weighted by atomic mass is 10.0. The molecule has 2 aliphatic rings. The molecule has 0 unspecified atom stereocenters. The Kier molecular flexibility index (Phi) is 3.21. The second-order valence-electron chi connectivity index (χ2n) is 4.93. The summed E-state index contributed by atoms with van der Waals surface area (Å²) in [7, 11) is -3.35. The van der Waals surface area contributed by atoms with Crippen molar-refractivity contribution < 1.29 is 8.42 Å². The molecule has 2 fully saturated rings. The SMILES string of the molecule is O=S(=O)(c1ccccc1Br)N1C[C@H]2CNC[C@H]2C1. The van der Waals surface area contributed by atoms with E-state index in [0.29, 0.717) is 34.3 Å². The molecule has 0 amide bonds. The van der Waals surface area contributed by atoms with Gasteiger partial charge < -0.3 is 5.32 Å². The van der Waals surface area contributed by atoms with Gasteiger partial charge >= 0.3 is 0 Å². The summed E-state index contributed by atoms with van der Waals surface area (Å²) in [6.07, 6.45) is 0. The van der Waals surface area contributed by atoms with Gasteiger partial charge in [-0.05, 0) is 53.0 Å². The van der Waals surface area contributed by atoms with Crippen molar-refractivity contribution in [1.29, 1.82) is 0 Å². The first-order chi connectivity index (χ1) is 8.59. The molecular formula is C12H15BrN2O2S. The van der Waals surface area contributed by atoms with E-state index in [0.717, 1.165) is 13.1 Å². The van der Waals surface area contributed by atoms with Crippen molar-refractivity contribution in [2.75, 3.05) is 26.2 Å². The van der Waals surface area contributed by atoms with Gasteiger partial charge in [-0.15, -0.1) is 0 Å². The molecule has 0 spiro atoms. The summed E-state index contributed by atoms with van der Waals surface area (Å²) in [6.45, 7) is 3.15. The maximum absolute atomic E-state index is 12.6. The Labute approximate surface area is 116 Å². The topological polar surface area (TPSA) is 49.4 Å². The van der Waals surface area contributed by atoms with Crippen molar-refractivity contribution in [3.63, 3.8) is 0 Å². The number of hydrogen-bond acceptors (Lipinski definition) is 3. The molecule has 2 heterocycles. The van der Waals surface area contributed by atoms with Crippen LogP contribution in [-0.4, -0.2) is 38.9 Å². The van der Waals surface area contributed by atoms with E-state index in [4.69, 9.17) is 0 Å². The van der Waals surface area contributed by atoms with Crippen LogP contribution in [0.25, 0.3) is 0 Å². The molecular weight excluding hydrogens is 316 g/mol. The lowest BCUT2D eigenvalue weighted by molar-refractivity contribution is 0.447. The Morgan fingerprint density at radius 3 is 2.39 bits per heavy atom. The highest BCUT2D eigenvalue weighted by molar-refractivity contribution is 9.10. The zero-order valence-corrected chi connectivity index (χ0v) is 12.2. The summed E-state index contributed by atoms with van der Waals surface area (Å²) in [6, 6.07) is 7.01. The predicted octanol–water partition coefficient (Wildman–Crippen LogP) is 1.29. The van der Waals surface area contributed by atoms with Crippen LogP contribution in [0.5, 0.6) is 0 Å². The molecule has 0 saturated carbocycles. The number of hydrogen-bond donors (Lipinski definition) is 1. The van der Waals surface area contributed by atoms with Crippen LogP contribution in [0.1, 0.15) is 0 Å². The van der Waals surface area contributed by atoms with Crippen molar-refractivity contribution in [3.8, 4) is 0 Å². The fraction of sp³-hybridized carbons (Fsp3) is 0.500. The minimum absolute atomic E-state index is 0.373. The summed E-state index contributed by atoms with van der Waals surface area (Å²) < 4.78 is 27.4. The van der Waals surface area contributed by atoms with Crippen LogP contribution in [0, 0.1) is 11.8 Å². The molecule has 0 radical (unpaired) electrons. The molecule has 0 bridgehead atoms. The van der Waals surface area contributed by atoms with Gasteiger partial charge in [-0.3, -0.25) is 0 Å². The van der Waals surface area contributed by atoms with Crippen LogP contribution in [-0.2, 0) is 10.0 Å². The van der Waals surface area contributed by atoms with Gasteiger partial charge in [0.25, 0.3) is 0 Å². The van der Waals surface area contributed by atoms with E-state index >= 15 is 0 Å². The zero-order chi connectivity index (χ0) is 12.8. The van der Waals surface area contributed by atoms with Gasteiger partial charge in [0.1, 0.15) is 0 Å². The fourth-order valence-electron chi connectivity index (χ4n) is 2.80. The first kappa shape index (κ1) is 12.6. The third-order valence-corrected chi connectivity index (χ3v) is 6.65. The van der Waals surface area contributed by atoms with Crippen LogP contribution in [0.3, 0.4) is 0 Å². The first-order valence-electron chi connectivity index (χ1n) is 6.04. The van der Waals surface area contributed by atoms with E-state index in [1.54, 1.807) is 22.5 Å². The Morgan fingerprint density at radius 2 is 1.78 bits per heavy atom. The maximum Gasteiger partial charge on any atom is 0.244 e. The Bertz CT molecular complexity index is 549. The van der Waals surface area contributed by atoms with Crippen LogP contribution >= 0.6 is 15.9 Å². The lowest BCUT2D eigenvalue weighted by Gasteiger charge is -2.18. The summed E-state index contributed by atoms with van der Waals surface area (Å²) >= 11 is 3.32. The third-order valence-electron chi connectivity index (χ3n) is 3.81. The van der Waals surface area contributed by atoms with Gasteiger partial charge in [0, 0.05) is 17.6 Å². The van der Waals surface area contributed by atoms with Gasteiger partial charge in [0.2, 0.25) is 10.0 Å². The van der Waals surface area contributed by atoms with E-state index in [2.05, 4.69) is 21.2 Å². The van der Waals surface area contributed by atoms with Crippen molar-refractivity contribution >= 4 is 26.0 Å². The lowest BCUT2D eigenvalue weighted by Crippen LogP contribution is -2.32. The molecule has 98 valence electrons. The second kappa shape index (κ2) is 4.59.